The number of carboxylic acids is 1. The fourth-order valence-corrected chi connectivity index (χ4v) is 1.70. The quantitative estimate of drug-likeness (QED) is 0.670. The molecule has 0 bridgehead atoms. The monoisotopic (exact) mass is 289 g/mol. The predicted molar refractivity (Wildman–Crippen MR) is 73.1 cm³/mol. The van der Waals surface area contributed by atoms with Gasteiger partial charge in [-0.3, -0.25) is 10.1 Å². The van der Waals surface area contributed by atoms with E-state index in [0.717, 1.165) is 0 Å². The second kappa shape index (κ2) is 5.91. The molecule has 1 N–H and O–H groups in total. The maximum Gasteiger partial charge on any atom is 0.339 e. The van der Waals surface area contributed by atoms with Gasteiger partial charge in [0, 0.05) is 0 Å². The second-order valence-electron chi connectivity index (χ2n) is 3.99. The molecule has 0 aromatic heterocycles. The zero-order valence-corrected chi connectivity index (χ0v) is 11.0. The number of rotatable bonds is 5. The molecule has 0 amide bonds. The fourth-order valence-electron chi connectivity index (χ4n) is 1.70. The predicted octanol–water partition coefficient (Wildman–Crippen LogP) is 3.09. The van der Waals surface area contributed by atoms with E-state index in [1.807, 2.05) is 0 Å². The third-order valence-electron chi connectivity index (χ3n) is 2.70. The van der Waals surface area contributed by atoms with Gasteiger partial charge in [-0.2, -0.15) is 0 Å². The lowest BCUT2D eigenvalue weighted by Gasteiger charge is -2.09. The molecule has 0 aliphatic rings. The Labute approximate surface area is 119 Å². The Bertz CT molecular complexity index is 698. The molecule has 0 atom stereocenters. The van der Waals surface area contributed by atoms with Crippen molar-refractivity contribution in [3.63, 3.8) is 0 Å². The molecule has 2 aromatic rings. The third kappa shape index (κ3) is 3.08. The molecule has 0 unspecified atom stereocenters. The van der Waals surface area contributed by atoms with Crippen molar-refractivity contribution >= 4 is 11.7 Å². The number of nitro benzene ring substituents is 1. The number of carbonyl (C=O) groups is 1. The van der Waals surface area contributed by atoms with Gasteiger partial charge in [-0.25, -0.2) is 4.79 Å². The zero-order chi connectivity index (χ0) is 15.4. The summed E-state index contributed by atoms with van der Waals surface area (Å²) in [6.45, 7) is 0. The van der Waals surface area contributed by atoms with Crippen molar-refractivity contribution in [1.29, 1.82) is 0 Å². The minimum atomic E-state index is -1.18. The topological polar surface area (TPSA) is 98.9 Å². The van der Waals surface area contributed by atoms with Crippen molar-refractivity contribution in [2.24, 2.45) is 0 Å². The minimum Gasteiger partial charge on any atom is -0.496 e. The van der Waals surface area contributed by atoms with Crippen LogP contribution in [0.15, 0.2) is 42.5 Å². The van der Waals surface area contributed by atoms with Gasteiger partial charge in [-0.15, -0.1) is 0 Å². The van der Waals surface area contributed by atoms with E-state index in [2.05, 4.69) is 0 Å². The number of para-hydroxylation sites is 1. The molecular formula is C14H11NO6. The maximum atomic E-state index is 11.1. The normalized spacial score (nSPS) is 9.95. The molecule has 0 aliphatic heterocycles. The Kier molecular flexibility index (Phi) is 4.03. The van der Waals surface area contributed by atoms with Crippen LogP contribution in [0.4, 0.5) is 5.69 Å². The summed E-state index contributed by atoms with van der Waals surface area (Å²) < 4.78 is 10.3. The largest absolute Gasteiger partial charge is 0.496 e. The maximum absolute atomic E-state index is 11.1. The van der Waals surface area contributed by atoms with Crippen LogP contribution < -0.4 is 9.47 Å². The number of aromatic carboxylic acids is 1. The van der Waals surface area contributed by atoms with Gasteiger partial charge >= 0.3 is 11.7 Å². The van der Waals surface area contributed by atoms with Crippen molar-refractivity contribution in [2.45, 2.75) is 0 Å². The summed E-state index contributed by atoms with van der Waals surface area (Å²) in [5.41, 5.74) is -0.392. The van der Waals surface area contributed by atoms with Crippen LogP contribution >= 0.6 is 0 Å². The highest BCUT2D eigenvalue weighted by atomic mass is 16.6. The smallest absolute Gasteiger partial charge is 0.339 e. The number of ether oxygens (including phenoxy) is 2. The van der Waals surface area contributed by atoms with Gasteiger partial charge in [0.05, 0.1) is 18.1 Å². The summed E-state index contributed by atoms with van der Waals surface area (Å²) in [5, 5.41) is 20.1. The average Bonchev–Trinajstić information content (AvgIpc) is 2.47. The summed E-state index contributed by atoms with van der Waals surface area (Å²) in [6.07, 6.45) is 0. The van der Waals surface area contributed by atoms with Crippen molar-refractivity contribution in [3.05, 3.63) is 58.1 Å². The fraction of sp³-hybridized carbons (Fsp3) is 0.0714. The Hall–Kier alpha value is -3.09. The van der Waals surface area contributed by atoms with Crippen molar-refractivity contribution in [3.8, 4) is 17.2 Å². The van der Waals surface area contributed by atoms with Gasteiger partial charge in [-0.1, -0.05) is 12.1 Å². The first-order valence-electron chi connectivity index (χ1n) is 5.85. The van der Waals surface area contributed by atoms with E-state index in [1.54, 1.807) is 12.1 Å². The highest BCUT2D eigenvalue weighted by Gasteiger charge is 2.19. The van der Waals surface area contributed by atoms with E-state index in [-0.39, 0.29) is 22.7 Å². The van der Waals surface area contributed by atoms with Crippen LogP contribution in [0, 0.1) is 10.1 Å². The summed E-state index contributed by atoms with van der Waals surface area (Å²) in [6, 6.07) is 9.96. The first kappa shape index (κ1) is 14.3. The van der Waals surface area contributed by atoms with E-state index in [1.165, 1.54) is 37.4 Å². The molecule has 7 nitrogen and oxygen atoms in total. The molecule has 0 fully saturated rings. The van der Waals surface area contributed by atoms with E-state index >= 15 is 0 Å². The molecule has 0 saturated heterocycles. The summed E-state index contributed by atoms with van der Waals surface area (Å²) in [4.78, 5) is 21.5. The van der Waals surface area contributed by atoms with E-state index < -0.39 is 10.9 Å². The van der Waals surface area contributed by atoms with E-state index in [0.29, 0.717) is 5.75 Å². The number of nitrogens with zero attached hydrogens (tertiary/aromatic N) is 1. The number of nitro groups is 1. The summed E-state index contributed by atoms with van der Waals surface area (Å²) >= 11 is 0. The van der Waals surface area contributed by atoms with Crippen LogP contribution in [0.1, 0.15) is 10.4 Å². The van der Waals surface area contributed by atoms with Gasteiger partial charge in [0.25, 0.3) is 0 Å². The van der Waals surface area contributed by atoms with Crippen LogP contribution in [0.25, 0.3) is 0 Å². The van der Waals surface area contributed by atoms with E-state index in [9.17, 15) is 14.9 Å². The van der Waals surface area contributed by atoms with Crippen LogP contribution in [-0.2, 0) is 0 Å². The Morgan fingerprint density at radius 1 is 1.19 bits per heavy atom. The Balaban J connectivity index is 2.45. The number of carboxylic acid groups (broad SMARTS) is 1. The highest BCUT2D eigenvalue weighted by Crippen LogP contribution is 2.35. The number of methoxy groups -OCH3 is 1. The lowest BCUT2D eigenvalue weighted by Crippen LogP contribution is -2.01. The van der Waals surface area contributed by atoms with E-state index in [4.69, 9.17) is 14.6 Å². The van der Waals surface area contributed by atoms with Gasteiger partial charge in [-0.05, 0) is 24.3 Å². The summed E-state index contributed by atoms with van der Waals surface area (Å²) in [5.74, 6) is -0.907. The molecule has 0 saturated carbocycles. The zero-order valence-electron chi connectivity index (χ0n) is 11.0. The second-order valence-corrected chi connectivity index (χ2v) is 3.99. The molecule has 21 heavy (non-hydrogen) atoms. The Morgan fingerprint density at radius 2 is 1.90 bits per heavy atom. The summed E-state index contributed by atoms with van der Waals surface area (Å²) in [7, 11) is 1.39. The van der Waals surface area contributed by atoms with Crippen LogP contribution in [0.3, 0.4) is 0 Å². The standard InChI is InChI=1S/C14H11NO6/c1-20-9-6-7-13(11(8-9)15(18)19)21-12-5-3-2-4-10(12)14(16)17/h2-8H,1H3,(H,16,17). The number of hydrogen-bond donors (Lipinski definition) is 1. The van der Waals surface area contributed by atoms with Gasteiger partial charge < -0.3 is 14.6 Å². The average molecular weight is 289 g/mol. The SMILES string of the molecule is COc1ccc(Oc2ccccc2C(=O)O)c([N+](=O)[O-])c1. The van der Waals surface area contributed by atoms with Gasteiger partial charge in [0.1, 0.15) is 17.1 Å². The van der Waals surface area contributed by atoms with Gasteiger partial charge in [0.2, 0.25) is 5.75 Å². The molecular weight excluding hydrogens is 278 g/mol. The molecule has 0 radical (unpaired) electrons. The van der Waals surface area contributed by atoms with Crippen molar-refractivity contribution < 1.29 is 24.3 Å². The van der Waals surface area contributed by atoms with Crippen molar-refractivity contribution in [2.75, 3.05) is 7.11 Å². The minimum absolute atomic E-state index is 0.0262. The molecule has 2 rings (SSSR count). The first-order valence-corrected chi connectivity index (χ1v) is 5.85. The van der Waals surface area contributed by atoms with Gasteiger partial charge in [0.15, 0.2) is 0 Å². The first-order chi connectivity index (χ1) is 10.0. The Morgan fingerprint density at radius 3 is 2.52 bits per heavy atom. The number of benzene rings is 2. The lowest BCUT2D eigenvalue weighted by atomic mass is 10.2. The molecule has 2 aromatic carbocycles. The number of hydrogen-bond acceptors (Lipinski definition) is 5. The molecule has 0 spiro atoms. The molecule has 7 heteroatoms. The lowest BCUT2D eigenvalue weighted by molar-refractivity contribution is -0.385. The van der Waals surface area contributed by atoms with Crippen LogP contribution in [0.5, 0.6) is 17.2 Å². The van der Waals surface area contributed by atoms with Crippen LogP contribution in [0.2, 0.25) is 0 Å². The van der Waals surface area contributed by atoms with Crippen LogP contribution in [-0.4, -0.2) is 23.1 Å². The third-order valence-corrected chi connectivity index (χ3v) is 2.70. The van der Waals surface area contributed by atoms with Crippen molar-refractivity contribution in [1.82, 2.24) is 0 Å². The molecule has 108 valence electrons. The molecule has 0 aliphatic carbocycles. The molecule has 0 heterocycles. The highest BCUT2D eigenvalue weighted by molar-refractivity contribution is 5.91.